The zero-order valence-corrected chi connectivity index (χ0v) is 10.1. The predicted molar refractivity (Wildman–Crippen MR) is 65.0 cm³/mol. The molecule has 0 bridgehead atoms. The van der Waals surface area contributed by atoms with E-state index in [0.29, 0.717) is 12.5 Å². The Labute approximate surface area is 96.5 Å². The molecule has 0 aliphatic rings. The van der Waals surface area contributed by atoms with E-state index in [2.05, 4.69) is 44.3 Å². The lowest BCUT2D eigenvalue weighted by Gasteiger charge is -2.11. The van der Waals surface area contributed by atoms with E-state index in [1.807, 2.05) is 0 Å². The Morgan fingerprint density at radius 1 is 1.44 bits per heavy atom. The van der Waals surface area contributed by atoms with E-state index in [0.717, 1.165) is 6.42 Å². The quantitative estimate of drug-likeness (QED) is 0.821. The molecule has 16 heavy (non-hydrogen) atoms. The van der Waals surface area contributed by atoms with Crippen LogP contribution in [-0.2, 0) is 6.42 Å². The van der Waals surface area contributed by atoms with Gasteiger partial charge in [-0.2, -0.15) is 0 Å². The third-order valence-corrected chi connectivity index (χ3v) is 2.71. The van der Waals surface area contributed by atoms with Crippen LogP contribution in [0.1, 0.15) is 36.5 Å². The third-order valence-electron chi connectivity index (χ3n) is 2.71. The summed E-state index contributed by atoms with van der Waals surface area (Å²) in [6.07, 6.45) is -0.212. The van der Waals surface area contributed by atoms with Crippen molar-refractivity contribution in [3.63, 3.8) is 0 Å². The van der Waals surface area contributed by atoms with Crippen molar-refractivity contribution in [3.8, 4) is 0 Å². The maximum absolute atomic E-state index is 10.3. The Kier molecular flexibility index (Phi) is 4.35. The summed E-state index contributed by atoms with van der Waals surface area (Å²) in [5.41, 5.74) is 3.74. The molecule has 1 rings (SSSR count). The van der Waals surface area contributed by atoms with Crippen molar-refractivity contribution >= 4 is 6.09 Å². The zero-order valence-electron chi connectivity index (χ0n) is 10.1. The van der Waals surface area contributed by atoms with Crippen LogP contribution in [0.5, 0.6) is 0 Å². The highest BCUT2D eigenvalue weighted by Gasteiger charge is 2.04. The van der Waals surface area contributed by atoms with Crippen molar-refractivity contribution in [1.29, 1.82) is 0 Å². The first kappa shape index (κ1) is 12.6. The molecule has 1 aromatic carbocycles. The molecular formula is C13H19NO2. The van der Waals surface area contributed by atoms with Crippen LogP contribution in [0, 0.1) is 6.92 Å². The van der Waals surface area contributed by atoms with Crippen LogP contribution in [0.3, 0.4) is 0 Å². The van der Waals surface area contributed by atoms with Gasteiger partial charge in [0.2, 0.25) is 0 Å². The number of carboxylic acid groups (broad SMARTS) is 1. The Morgan fingerprint density at radius 3 is 2.69 bits per heavy atom. The topological polar surface area (TPSA) is 49.3 Å². The average Bonchev–Trinajstić information content (AvgIpc) is 2.20. The Hall–Kier alpha value is -1.51. The maximum atomic E-state index is 10.3. The molecule has 0 unspecified atom stereocenters. The fourth-order valence-corrected chi connectivity index (χ4v) is 1.62. The minimum absolute atomic E-state index is 0.470. The fraction of sp³-hybridized carbons (Fsp3) is 0.462. The molecule has 0 aliphatic carbocycles. The Bertz CT molecular complexity index is 372. The minimum Gasteiger partial charge on any atom is -0.465 e. The summed E-state index contributed by atoms with van der Waals surface area (Å²) >= 11 is 0. The summed E-state index contributed by atoms with van der Waals surface area (Å²) in [7, 11) is 0. The van der Waals surface area contributed by atoms with E-state index in [9.17, 15) is 4.79 Å². The number of hydrogen-bond acceptors (Lipinski definition) is 1. The van der Waals surface area contributed by atoms with Crippen LogP contribution in [-0.4, -0.2) is 17.7 Å². The van der Waals surface area contributed by atoms with Gasteiger partial charge in [-0.3, -0.25) is 0 Å². The molecule has 0 heterocycles. The molecule has 1 amide bonds. The second-order valence-corrected chi connectivity index (χ2v) is 4.32. The molecule has 0 aromatic heterocycles. The molecule has 0 aliphatic heterocycles. The normalized spacial score (nSPS) is 10.5. The largest absolute Gasteiger partial charge is 0.465 e. The van der Waals surface area contributed by atoms with Crippen LogP contribution < -0.4 is 5.32 Å². The molecule has 2 N–H and O–H groups in total. The summed E-state index contributed by atoms with van der Waals surface area (Å²) in [4.78, 5) is 10.3. The number of benzene rings is 1. The van der Waals surface area contributed by atoms with Crippen molar-refractivity contribution in [2.45, 2.75) is 33.1 Å². The van der Waals surface area contributed by atoms with E-state index < -0.39 is 6.09 Å². The summed E-state index contributed by atoms with van der Waals surface area (Å²) < 4.78 is 0. The highest BCUT2D eigenvalue weighted by atomic mass is 16.4. The number of nitrogens with one attached hydrogen (secondary N) is 1. The summed E-state index contributed by atoms with van der Waals surface area (Å²) in [6.45, 7) is 6.84. The summed E-state index contributed by atoms with van der Waals surface area (Å²) in [5, 5.41) is 10.9. The van der Waals surface area contributed by atoms with Crippen LogP contribution in [0.15, 0.2) is 18.2 Å². The molecule has 0 saturated heterocycles. The van der Waals surface area contributed by atoms with Gasteiger partial charge in [0.15, 0.2) is 0 Å². The van der Waals surface area contributed by atoms with E-state index >= 15 is 0 Å². The van der Waals surface area contributed by atoms with Gasteiger partial charge in [0.25, 0.3) is 0 Å². The molecule has 3 nitrogen and oxygen atoms in total. The van der Waals surface area contributed by atoms with Gasteiger partial charge in [0.1, 0.15) is 0 Å². The molecule has 0 saturated carbocycles. The van der Waals surface area contributed by atoms with Crippen LogP contribution >= 0.6 is 0 Å². The number of rotatable bonds is 4. The lowest BCUT2D eigenvalue weighted by atomic mass is 9.96. The standard InChI is InChI=1S/C13H19NO2/c1-9(2)11-5-4-10(3)12(8-11)6-7-14-13(15)16/h4-5,8-9,14H,6-7H2,1-3H3,(H,15,16). The number of amides is 1. The molecule has 0 fully saturated rings. The Balaban J connectivity index is 2.70. The van der Waals surface area contributed by atoms with Gasteiger partial charge >= 0.3 is 6.09 Å². The Morgan fingerprint density at radius 2 is 2.12 bits per heavy atom. The van der Waals surface area contributed by atoms with Gasteiger partial charge in [-0.25, -0.2) is 4.79 Å². The van der Waals surface area contributed by atoms with Crippen LogP contribution in [0.2, 0.25) is 0 Å². The molecular weight excluding hydrogens is 202 g/mol. The number of hydrogen-bond donors (Lipinski definition) is 2. The predicted octanol–water partition coefficient (Wildman–Crippen LogP) is 2.93. The van der Waals surface area contributed by atoms with Crippen molar-refractivity contribution in [2.75, 3.05) is 6.54 Å². The second kappa shape index (κ2) is 5.54. The summed E-state index contributed by atoms with van der Waals surface area (Å²) in [5.74, 6) is 0.506. The molecule has 1 aromatic rings. The third kappa shape index (κ3) is 3.57. The molecule has 3 heteroatoms. The van der Waals surface area contributed by atoms with E-state index in [-0.39, 0.29) is 0 Å². The maximum Gasteiger partial charge on any atom is 0.404 e. The lowest BCUT2D eigenvalue weighted by Crippen LogP contribution is -2.23. The van der Waals surface area contributed by atoms with Gasteiger partial charge < -0.3 is 10.4 Å². The van der Waals surface area contributed by atoms with Gasteiger partial charge in [0, 0.05) is 6.54 Å². The fourth-order valence-electron chi connectivity index (χ4n) is 1.62. The first-order valence-electron chi connectivity index (χ1n) is 5.57. The zero-order chi connectivity index (χ0) is 12.1. The molecule has 0 atom stereocenters. The minimum atomic E-state index is -0.960. The second-order valence-electron chi connectivity index (χ2n) is 4.32. The van der Waals surface area contributed by atoms with Gasteiger partial charge in [-0.05, 0) is 36.0 Å². The summed E-state index contributed by atoms with van der Waals surface area (Å²) in [6, 6.07) is 6.41. The van der Waals surface area contributed by atoms with Gasteiger partial charge in [-0.15, -0.1) is 0 Å². The van der Waals surface area contributed by atoms with Gasteiger partial charge in [0.05, 0.1) is 0 Å². The molecule has 88 valence electrons. The first-order valence-corrected chi connectivity index (χ1v) is 5.57. The lowest BCUT2D eigenvalue weighted by molar-refractivity contribution is 0.194. The van der Waals surface area contributed by atoms with E-state index in [1.54, 1.807) is 0 Å². The van der Waals surface area contributed by atoms with Crippen LogP contribution in [0.25, 0.3) is 0 Å². The van der Waals surface area contributed by atoms with E-state index in [4.69, 9.17) is 5.11 Å². The van der Waals surface area contributed by atoms with Crippen molar-refractivity contribution in [3.05, 3.63) is 34.9 Å². The van der Waals surface area contributed by atoms with Crippen molar-refractivity contribution in [2.24, 2.45) is 0 Å². The van der Waals surface area contributed by atoms with Crippen LogP contribution in [0.4, 0.5) is 4.79 Å². The van der Waals surface area contributed by atoms with Gasteiger partial charge in [-0.1, -0.05) is 32.0 Å². The monoisotopic (exact) mass is 221 g/mol. The van der Waals surface area contributed by atoms with E-state index in [1.165, 1.54) is 16.7 Å². The number of aryl methyl sites for hydroxylation is 1. The number of carbonyl (C=O) groups is 1. The smallest absolute Gasteiger partial charge is 0.404 e. The molecule has 0 spiro atoms. The SMILES string of the molecule is Cc1ccc(C(C)C)cc1CCNC(=O)O. The average molecular weight is 221 g/mol. The first-order chi connectivity index (χ1) is 7.50. The highest BCUT2D eigenvalue weighted by Crippen LogP contribution is 2.18. The van der Waals surface area contributed by atoms with Crippen molar-refractivity contribution in [1.82, 2.24) is 5.32 Å². The van der Waals surface area contributed by atoms with Crippen molar-refractivity contribution < 1.29 is 9.90 Å². The molecule has 0 radical (unpaired) electrons. The highest BCUT2D eigenvalue weighted by molar-refractivity contribution is 5.64.